The van der Waals surface area contributed by atoms with Crippen molar-refractivity contribution in [3.63, 3.8) is 0 Å². The highest BCUT2D eigenvalue weighted by Gasteiger charge is 2.46. The zero-order chi connectivity index (χ0) is 22.3. The molecule has 158 valence electrons. The molecule has 0 bridgehead atoms. The lowest BCUT2D eigenvalue weighted by atomic mass is 9.91. The summed E-state index contributed by atoms with van der Waals surface area (Å²) in [6.07, 6.45) is 0.298. The molecule has 0 fully saturated rings. The Bertz CT molecular complexity index is 1220. The number of pyridine rings is 1. The predicted octanol–water partition coefficient (Wildman–Crippen LogP) is 3.68. The maximum atomic E-state index is 13.5. The van der Waals surface area contributed by atoms with Gasteiger partial charge in [0.15, 0.2) is 0 Å². The fourth-order valence-electron chi connectivity index (χ4n) is 4.64. The number of methoxy groups -OCH3 is 2. The first-order chi connectivity index (χ1) is 14.9. The van der Waals surface area contributed by atoms with Crippen molar-refractivity contribution in [2.75, 3.05) is 14.2 Å². The molecule has 1 aromatic heterocycles. The van der Waals surface area contributed by atoms with Crippen molar-refractivity contribution in [3.8, 4) is 0 Å². The fourth-order valence-corrected chi connectivity index (χ4v) is 4.64. The molecule has 0 spiro atoms. The van der Waals surface area contributed by atoms with Crippen molar-refractivity contribution in [2.45, 2.75) is 26.2 Å². The number of aromatic nitrogens is 1. The Morgan fingerprint density at radius 3 is 2.32 bits per heavy atom. The molecule has 0 saturated heterocycles. The molecule has 4 rings (SSSR count). The van der Waals surface area contributed by atoms with Gasteiger partial charge in [-0.1, -0.05) is 42.5 Å². The number of nitrogens with zero attached hydrogens (tertiary/aromatic N) is 1. The summed E-state index contributed by atoms with van der Waals surface area (Å²) in [5, 5.41) is 1.83. The van der Waals surface area contributed by atoms with Gasteiger partial charge in [-0.2, -0.15) is 0 Å². The summed E-state index contributed by atoms with van der Waals surface area (Å²) in [4.78, 5) is 43.1. The molecule has 6 heteroatoms. The van der Waals surface area contributed by atoms with Crippen LogP contribution in [0.4, 0.5) is 0 Å². The van der Waals surface area contributed by atoms with Gasteiger partial charge < -0.3 is 9.47 Å². The number of aryl methyl sites for hydroxylation is 1. The number of fused-ring (bicyclic) bond motifs is 2. The zero-order valence-electron chi connectivity index (χ0n) is 17.9. The third-order valence-corrected chi connectivity index (χ3v) is 6.15. The molecule has 1 heterocycles. The molecule has 0 saturated carbocycles. The number of hydrogen-bond donors (Lipinski definition) is 0. The number of benzene rings is 2. The molecule has 2 aromatic carbocycles. The number of carbonyl (C=O) groups is 3. The monoisotopic (exact) mass is 417 g/mol. The molecular formula is C25H23NO5. The minimum Gasteiger partial charge on any atom is -0.469 e. The Labute approximate surface area is 180 Å². The van der Waals surface area contributed by atoms with Crippen LogP contribution in [0, 0.1) is 19.8 Å². The number of esters is 2. The highest BCUT2D eigenvalue weighted by atomic mass is 16.5. The first-order valence-corrected chi connectivity index (χ1v) is 10.1. The molecule has 31 heavy (non-hydrogen) atoms. The highest BCUT2D eigenvalue weighted by molar-refractivity contribution is 6.16. The molecule has 1 aliphatic carbocycles. The molecule has 2 unspecified atom stereocenters. The van der Waals surface area contributed by atoms with Gasteiger partial charge >= 0.3 is 11.9 Å². The minimum absolute atomic E-state index is 0.184. The molecule has 3 aromatic rings. The van der Waals surface area contributed by atoms with Gasteiger partial charge in [0.1, 0.15) is 5.69 Å². The lowest BCUT2D eigenvalue weighted by Gasteiger charge is -2.18. The van der Waals surface area contributed by atoms with Crippen LogP contribution in [0.5, 0.6) is 0 Å². The summed E-state index contributed by atoms with van der Waals surface area (Å²) in [7, 11) is 2.59. The van der Waals surface area contributed by atoms with Crippen molar-refractivity contribution in [3.05, 3.63) is 76.1 Å². The average molecular weight is 417 g/mol. The molecular weight excluding hydrogens is 394 g/mol. The molecule has 6 nitrogen and oxygen atoms in total. The highest BCUT2D eigenvalue weighted by Crippen LogP contribution is 2.43. The summed E-state index contributed by atoms with van der Waals surface area (Å²) in [6.45, 7) is 3.57. The van der Waals surface area contributed by atoms with Crippen LogP contribution in [0.15, 0.2) is 42.5 Å². The van der Waals surface area contributed by atoms with Crippen LogP contribution in [-0.4, -0.2) is 36.9 Å². The average Bonchev–Trinajstić information content (AvgIpc) is 3.21. The Hall–Kier alpha value is -3.54. The van der Waals surface area contributed by atoms with Crippen LogP contribution in [0.2, 0.25) is 0 Å². The number of carbonyl (C=O) groups excluding carboxylic acids is 3. The van der Waals surface area contributed by atoms with Crippen LogP contribution in [-0.2, 0) is 25.5 Å². The SMILES string of the molecule is COC(=O)C1Cc2c(C)c(C(=O)c3cccc4ccccc34)nc(C)c2C1C(=O)OC. The van der Waals surface area contributed by atoms with Crippen LogP contribution in [0.3, 0.4) is 0 Å². The maximum Gasteiger partial charge on any atom is 0.314 e. The van der Waals surface area contributed by atoms with Crippen molar-refractivity contribution in [2.24, 2.45) is 5.92 Å². The van der Waals surface area contributed by atoms with E-state index in [0.29, 0.717) is 34.5 Å². The van der Waals surface area contributed by atoms with E-state index < -0.39 is 23.8 Å². The van der Waals surface area contributed by atoms with E-state index in [0.717, 1.165) is 16.3 Å². The van der Waals surface area contributed by atoms with Gasteiger partial charge in [-0.15, -0.1) is 0 Å². The largest absolute Gasteiger partial charge is 0.469 e. The minimum atomic E-state index is -0.791. The topological polar surface area (TPSA) is 82.6 Å². The molecule has 1 aliphatic rings. The number of rotatable bonds is 4. The lowest BCUT2D eigenvalue weighted by Crippen LogP contribution is -2.27. The van der Waals surface area contributed by atoms with Crippen LogP contribution in [0.25, 0.3) is 10.8 Å². The van der Waals surface area contributed by atoms with E-state index in [2.05, 4.69) is 4.98 Å². The summed E-state index contributed by atoms with van der Waals surface area (Å²) in [5.74, 6) is -2.66. The van der Waals surface area contributed by atoms with E-state index in [9.17, 15) is 14.4 Å². The van der Waals surface area contributed by atoms with E-state index in [1.54, 1.807) is 13.0 Å². The third-order valence-electron chi connectivity index (χ3n) is 6.15. The van der Waals surface area contributed by atoms with E-state index in [-0.39, 0.29) is 5.78 Å². The second-order valence-corrected chi connectivity index (χ2v) is 7.75. The van der Waals surface area contributed by atoms with Gasteiger partial charge in [0.05, 0.1) is 26.1 Å². The van der Waals surface area contributed by atoms with Crippen molar-refractivity contribution < 1.29 is 23.9 Å². The predicted molar refractivity (Wildman–Crippen MR) is 115 cm³/mol. The van der Waals surface area contributed by atoms with Crippen molar-refractivity contribution in [1.82, 2.24) is 4.98 Å². The van der Waals surface area contributed by atoms with Crippen molar-refractivity contribution in [1.29, 1.82) is 0 Å². The molecule has 0 radical (unpaired) electrons. The van der Waals surface area contributed by atoms with E-state index in [4.69, 9.17) is 9.47 Å². The normalized spacial score (nSPS) is 17.3. The van der Waals surface area contributed by atoms with Crippen LogP contribution in [0.1, 0.15) is 44.4 Å². The lowest BCUT2D eigenvalue weighted by molar-refractivity contribution is -0.153. The smallest absolute Gasteiger partial charge is 0.314 e. The number of ketones is 1. The Kier molecular flexibility index (Phi) is 5.31. The van der Waals surface area contributed by atoms with Crippen LogP contribution >= 0.6 is 0 Å². The zero-order valence-corrected chi connectivity index (χ0v) is 17.9. The molecule has 0 N–H and O–H groups in total. The Morgan fingerprint density at radius 1 is 0.935 bits per heavy atom. The van der Waals surface area contributed by atoms with E-state index in [1.807, 2.05) is 43.3 Å². The second-order valence-electron chi connectivity index (χ2n) is 7.75. The van der Waals surface area contributed by atoms with Gasteiger partial charge in [-0.25, -0.2) is 4.98 Å². The van der Waals surface area contributed by atoms with Gasteiger partial charge in [-0.3, -0.25) is 14.4 Å². The summed E-state index contributed by atoms with van der Waals surface area (Å²) >= 11 is 0. The first-order valence-electron chi connectivity index (χ1n) is 10.1. The maximum absolute atomic E-state index is 13.5. The summed E-state index contributed by atoms with van der Waals surface area (Å²) < 4.78 is 9.90. The van der Waals surface area contributed by atoms with Gasteiger partial charge in [0, 0.05) is 11.3 Å². The number of hydrogen-bond acceptors (Lipinski definition) is 6. The summed E-state index contributed by atoms with van der Waals surface area (Å²) in [6, 6.07) is 13.3. The Morgan fingerprint density at radius 2 is 1.61 bits per heavy atom. The standard InChI is InChI=1S/C25H23NO5/c1-13-18-12-19(24(28)30-3)21(25(29)31-4)20(18)14(2)26-22(13)23(27)17-11-7-9-15-8-5-6-10-16(15)17/h5-11,19,21H,12H2,1-4H3. The van der Waals surface area contributed by atoms with Gasteiger partial charge in [-0.05, 0) is 47.7 Å². The second kappa shape index (κ2) is 7.95. The third kappa shape index (κ3) is 3.28. The molecule has 0 aliphatic heterocycles. The molecule has 0 amide bonds. The molecule has 2 atom stereocenters. The van der Waals surface area contributed by atoms with Gasteiger partial charge in [0.25, 0.3) is 0 Å². The number of ether oxygens (including phenoxy) is 2. The van der Waals surface area contributed by atoms with Crippen LogP contribution < -0.4 is 0 Å². The fraction of sp³-hybridized carbons (Fsp3) is 0.280. The van der Waals surface area contributed by atoms with Crippen molar-refractivity contribution >= 4 is 28.5 Å². The van der Waals surface area contributed by atoms with E-state index in [1.165, 1.54) is 14.2 Å². The summed E-state index contributed by atoms with van der Waals surface area (Å²) in [5.41, 5.74) is 3.59. The quantitative estimate of drug-likeness (QED) is 0.476. The van der Waals surface area contributed by atoms with Gasteiger partial charge in [0.2, 0.25) is 5.78 Å². The first kappa shape index (κ1) is 20.7. The van der Waals surface area contributed by atoms with E-state index >= 15 is 0 Å². The Balaban J connectivity index is 1.87.